The molecule has 0 aliphatic rings. The van der Waals surface area contributed by atoms with Gasteiger partial charge in [0.15, 0.2) is 16.9 Å². The normalized spacial score (nSPS) is 11.1. The van der Waals surface area contributed by atoms with E-state index in [-0.39, 0.29) is 36.6 Å². The molecule has 9 nitrogen and oxygen atoms in total. The molecule has 170 valence electrons. The van der Waals surface area contributed by atoms with Gasteiger partial charge >= 0.3 is 5.69 Å². The maximum Gasteiger partial charge on any atom is 0.337 e. The molecule has 2 heterocycles. The third kappa shape index (κ3) is 4.20. The van der Waals surface area contributed by atoms with Gasteiger partial charge in [-0.15, -0.1) is 0 Å². The van der Waals surface area contributed by atoms with Crippen molar-refractivity contribution in [3.63, 3.8) is 0 Å². The van der Waals surface area contributed by atoms with Gasteiger partial charge in [-0.3, -0.25) is 14.2 Å². The summed E-state index contributed by atoms with van der Waals surface area (Å²) < 4.78 is 27.3. The number of ether oxygens (including phenoxy) is 2. The molecule has 0 unspecified atom stereocenters. The summed E-state index contributed by atoms with van der Waals surface area (Å²) in [6, 6.07) is 11.9. The number of benzene rings is 2. The monoisotopic (exact) mass is 452 g/mol. The number of rotatable bonds is 8. The fraction of sp³-hybridized carbons (Fsp3) is 0.217. The average Bonchev–Trinajstić information content (AvgIpc) is 3.23. The lowest BCUT2D eigenvalue weighted by Crippen LogP contribution is -2.41. The van der Waals surface area contributed by atoms with Crippen molar-refractivity contribution in [3.05, 3.63) is 87.1 Å². The third-order valence-electron chi connectivity index (χ3n) is 5.21. The Balaban J connectivity index is 1.88. The molecular formula is C23H21FN4O5. The van der Waals surface area contributed by atoms with Gasteiger partial charge in [0.1, 0.15) is 11.6 Å². The SMILES string of the molecule is COCCn1c(=O)c2c(ncn2CC(=O)c2cccc(OC)c2)n(-c2ccc(F)cc2)c1=O. The van der Waals surface area contributed by atoms with E-state index in [4.69, 9.17) is 9.47 Å². The molecule has 0 fully saturated rings. The number of methoxy groups -OCH3 is 2. The summed E-state index contributed by atoms with van der Waals surface area (Å²) >= 11 is 0. The fourth-order valence-corrected chi connectivity index (χ4v) is 3.54. The van der Waals surface area contributed by atoms with E-state index in [0.29, 0.717) is 17.0 Å². The number of ketones is 1. The van der Waals surface area contributed by atoms with Crippen LogP contribution in [0.5, 0.6) is 5.75 Å². The first kappa shape index (κ1) is 22.2. The molecule has 0 atom stereocenters. The fourth-order valence-electron chi connectivity index (χ4n) is 3.54. The van der Waals surface area contributed by atoms with E-state index in [9.17, 15) is 18.8 Å². The Bertz CT molecular complexity index is 1440. The van der Waals surface area contributed by atoms with Crippen molar-refractivity contribution in [1.82, 2.24) is 18.7 Å². The number of carbonyl (C=O) groups excluding carboxylic acids is 1. The molecule has 4 aromatic rings. The molecule has 4 rings (SSSR count). The summed E-state index contributed by atoms with van der Waals surface area (Å²) in [6.07, 6.45) is 1.34. The molecule has 2 aromatic heterocycles. The highest BCUT2D eigenvalue weighted by molar-refractivity contribution is 5.96. The Morgan fingerprint density at radius 3 is 2.55 bits per heavy atom. The summed E-state index contributed by atoms with van der Waals surface area (Å²) in [7, 11) is 2.96. The summed E-state index contributed by atoms with van der Waals surface area (Å²) in [5.41, 5.74) is -0.346. The number of imidazole rings is 1. The molecule has 33 heavy (non-hydrogen) atoms. The zero-order chi connectivity index (χ0) is 23.5. The van der Waals surface area contributed by atoms with Crippen LogP contribution in [-0.2, 0) is 17.8 Å². The van der Waals surface area contributed by atoms with Crippen LogP contribution in [0.25, 0.3) is 16.9 Å². The Kier molecular flexibility index (Phi) is 6.18. The van der Waals surface area contributed by atoms with E-state index in [2.05, 4.69) is 4.98 Å². The van der Waals surface area contributed by atoms with Crippen molar-refractivity contribution in [1.29, 1.82) is 0 Å². The molecular weight excluding hydrogens is 431 g/mol. The molecule has 0 aliphatic carbocycles. The molecule has 0 saturated heterocycles. The lowest BCUT2D eigenvalue weighted by molar-refractivity contribution is 0.0973. The van der Waals surface area contributed by atoms with Crippen LogP contribution in [0.3, 0.4) is 0 Å². The number of aromatic nitrogens is 4. The van der Waals surface area contributed by atoms with Gasteiger partial charge in [0.05, 0.1) is 38.8 Å². The van der Waals surface area contributed by atoms with Crippen LogP contribution in [0.2, 0.25) is 0 Å². The minimum Gasteiger partial charge on any atom is -0.497 e. The maximum atomic E-state index is 13.5. The second-order valence-corrected chi connectivity index (χ2v) is 7.24. The third-order valence-corrected chi connectivity index (χ3v) is 5.21. The topological polar surface area (TPSA) is 97.3 Å². The van der Waals surface area contributed by atoms with Gasteiger partial charge in [-0.25, -0.2) is 18.7 Å². The Morgan fingerprint density at radius 1 is 1.09 bits per heavy atom. The predicted molar refractivity (Wildman–Crippen MR) is 119 cm³/mol. The zero-order valence-corrected chi connectivity index (χ0v) is 18.0. The van der Waals surface area contributed by atoms with Gasteiger partial charge < -0.3 is 14.0 Å². The van der Waals surface area contributed by atoms with Crippen molar-refractivity contribution < 1.29 is 18.7 Å². The molecule has 0 aliphatic heterocycles. The summed E-state index contributed by atoms with van der Waals surface area (Å²) in [4.78, 5) is 43.6. The number of Topliss-reactive ketones (excluding diaryl/α,β-unsaturated/α-hetero) is 1. The number of hydrogen-bond acceptors (Lipinski definition) is 6. The van der Waals surface area contributed by atoms with Crippen LogP contribution in [0.1, 0.15) is 10.4 Å². The zero-order valence-electron chi connectivity index (χ0n) is 18.0. The number of halogens is 1. The first-order valence-corrected chi connectivity index (χ1v) is 10.1. The lowest BCUT2D eigenvalue weighted by Gasteiger charge is -2.12. The van der Waals surface area contributed by atoms with Crippen molar-refractivity contribution in [2.24, 2.45) is 0 Å². The number of fused-ring (bicyclic) bond motifs is 1. The van der Waals surface area contributed by atoms with E-state index in [1.54, 1.807) is 24.3 Å². The number of carbonyl (C=O) groups is 1. The molecule has 0 bridgehead atoms. The Hall–Kier alpha value is -4.05. The highest BCUT2D eigenvalue weighted by atomic mass is 19.1. The lowest BCUT2D eigenvalue weighted by atomic mass is 10.1. The van der Waals surface area contributed by atoms with Crippen molar-refractivity contribution in [2.75, 3.05) is 20.8 Å². The van der Waals surface area contributed by atoms with Crippen molar-refractivity contribution in [2.45, 2.75) is 13.1 Å². The van der Waals surface area contributed by atoms with Crippen molar-refractivity contribution in [3.8, 4) is 11.4 Å². The first-order chi connectivity index (χ1) is 15.9. The smallest absolute Gasteiger partial charge is 0.337 e. The van der Waals surface area contributed by atoms with Crippen molar-refractivity contribution >= 4 is 16.9 Å². The van der Waals surface area contributed by atoms with E-state index in [0.717, 1.165) is 4.57 Å². The summed E-state index contributed by atoms with van der Waals surface area (Å²) in [6.45, 7) is -0.0495. The first-order valence-electron chi connectivity index (χ1n) is 10.1. The van der Waals surface area contributed by atoms with Gasteiger partial charge in [0.25, 0.3) is 5.56 Å². The molecule has 0 N–H and O–H groups in total. The van der Waals surface area contributed by atoms with Gasteiger partial charge in [0, 0.05) is 12.7 Å². The van der Waals surface area contributed by atoms with Crippen LogP contribution < -0.4 is 16.0 Å². The molecule has 0 radical (unpaired) electrons. The predicted octanol–water partition coefficient (Wildman–Crippen LogP) is 2.03. The quantitative estimate of drug-likeness (QED) is 0.380. The molecule has 2 aromatic carbocycles. The number of nitrogens with zero attached hydrogens (tertiary/aromatic N) is 4. The molecule has 0 spiro atoms. The second-order valence-electron chi connectivity index (χ2n) is 7.24. The highest BCUT2D eigenvalue weighted by Crippen LogP contribution is 2.17. The summed E-state index contributed by atoms with van der Waals surface area (Å²) in [5.74, 6) is -0.204. The van der Waals surface area contributed by atoms with Crippen LogP contribution in [0, 0.1) is 5.82 Å². The molecule has 0 amide bonds. The summed E-state index contributed by atoms with van der Waals surface area (Å²) in [5, 5.41) is 0. The Labute approximate surface area is 187 Å². The molecule has 0 saturated carbocycles. The van der Waals surface area contributed by atoms with Crippen LogP contribution in [0.4, 0.5) is 4.39 Å². The second kappa shape index (κ2) is 9.21. The standard InChI is InChI=1S/C23H21FN4O5/c1-32-11-10-27-22(30)20-21(28(23(27)31)17-8-6-16(24)7-9-17)25-14-26(20)13-19(29)15-4-3-5-18(12-15)33-2/h3-9,12,14H,10-11,13H2,1-2H3. The van der Waals surface area contributed by atoms with E-state index < -0.39 is 17.1 Å². The number of hydrogen-bond donors (Lipinski definition) is 0. The Morgan fingerprint density at radius 2 is 1.85 bits per heavy atom. The average molecular weight is 452 g/mol. The van der Waals surface area contributed by atoms with E-state index in [1.807, 2.05) is 0 Å². The van der Waals surface area contributed by atoms with Crippen LogP contribution >= 0.6 is 0 Å². The van der Waals surface area contributed by atoms with Crippen LogP contribution in [0.15, 0.2) is 64.4 Å². The minimum absolute atomic E-state index is 0.000309. The largest absolute Gasteiger partial charge is 0.497 e. The van der Waals surface area contributed by atoms with Gasteiger partial charge in [0.2, 0.25) is 0 Å². The van der Waals surface area contributed by atoms with E-state index in [1.165, 1.54) is 53.9 Å². The van der Waals surface area contributed by atoms with Gasteiger partial charge in [-0.05, 0) is 36.4 Å². The molecule has 10 heteroatoms. The van der Waals surface area contributed by atoms with Gasteiger partial charge in [-0.1, -0.05) is 12.1 Å². The highest BCUT2D eigenvalue weighted by Gasteiger charge is 2.20. The van der Waals surface area contributed by atoms with Gasteiger partial charge in [-0.2, -0.15) is 0 Å². The van der Waals surface area contributed by atoms with E-state index >= 15 is 0 Å². The van der Waals surface area contributed by atoms with Crippen LogP contribution in [-0.4, -0.2) is 45.3 Å². The minimum atomic E-state index is -0.638. The maximum absolute atomic E-state index is 13.5.